The average molecular weight is 363 g/mol. The lowest BCUT2D eigenvalue weighted by Gasteiger charge is -2.18. The molecule has 1 fully saturated rings. The Hall–Kier alpha value is -3.03. The van der Waals surface area contributed by atoms with Crippen LogP contribution in [0.3, 0.4) is 0 Å². The highest BCUT2D eigenvalue weighted by molar-refractivity contribution is 5.99. The monoisotopic (exact) mass is 363 g/mol. The third-order valence-electron chi connectivity index (χ3n) is 4.08. The molecule has 3 amide bonds. The number of carbonyl (C=O) groups is 2. The van der Waals surface area contributed by atoms with Gasteiger partial charge in [0.15, 0.2) is 17.5 Å². The molecule has 2 aromatic rings. The second-order valence-electron chi connectivity index (χ2n) is 5.96. The van der Waals surface area contributed by atoms with E-state index in [0.29, 0.717) is 19.2 Å². The number of rotatable bonds is 4. The Morgan fingerprint density at radius 2 is 1.73 bits per heavy atom. The molecule has 3 rings (SSSR count). The zero-order valence-electron chi connectivity index (χ0n) is 13.9. The van der Waals surface area contributed by atoms with Gasteiger partial charge in [-0.2, -0.15) is 0 Å². The number of hydrogen-bond acceptors (Lipinski definition) is 2. The number of nitrogens with zero attached hydrogens (tertiary/aromatic N) is 2. The molecular formula is C18H16F3N3O2. The molecule has 5 nitrogen and oxygen atoms in total. The quantitative estimate of drug-likeness (QED) is 0.848. The minimum atomic E-state index is -1.66. The molecule has 0 aliphatic carbocycles. The molecule has 0 spiro atoms. The first-order valence-electron chi connectivity index (χ1n) is 7.93. The lowest BCUT2D eigenvalue weighted by Crippen LogP contribution is -2.37. The van der Waals surface area contributed by atoms with Gasteiger partial charge in [-0.3, -0.25) is 9.69 Å². The molecule has 8 heteroatoms. The van der Waals surface area contributed by atoms with Crippen LogP contribution >= 0.6 is 0 Å². The third-order valence-corrected chi connectivity index (χ3v) is 4.08. The van der Waals surface area contributed by atoms with E-state index in [2.05, 4.69) is 5.32 Å². The number of urea groups is 1. The van der Waals surface area contributed by atoms with Gasteiger partial charge < -0.3 is 10.2 Å². The fourth-order valence-electron chi connectivity index (χ4n) is 2.68. The van der Waals surface area contributed by atoms with E-state index in [-0.39, 0.29) is 12.6 Å². The fourth-order valence-corrected chi connectivity index (χ4v) is 2.68. The lowest BCUT2D eigenvalue weighted by molar-refractivity contribution is -0.116. The van der Waals surface area contributed by atoms with Gasteiger partial charge in [0.05, 0.1) is 5.69 Å². The Bertz CT molecular complexity index is 856. The van der Waals surface area contributed by atoms with Crippen molar-refractivity contribution < 1.29 is 22.8 Å². The number of amides is 3. The zero-order chi connectivity index (χ0) is 18.8. The molecular weight excluding hydrogens is 347 g/mol. The SMILES string of the molecule is Cc1ccc(N2CCN(CC(=O)Nc3ccc(F)c(F)c3F)C2=O)cc1. The normalized spacial score (nSPS) is 14.1. The van der Waals surface area contributed by atoms with E-state index in [1.54, 1.807) is 0 Å². The van der Waals surface area contributed by atoms with Crippen molar-refractivity contribution in [2.75, 3.05) is 29.9 Å². The van der Waals surface area contributed by atoms with Crippen molar-refractivity contribution in [2.24, 2.45) is 0 Å². The molecule has 136 valence electrons. The molecule has 0 radical (unpaired) electrons. The first-order valence-corrected chi connectivity index (χ1v) is 7.93. The van der Waals surface area contributed by atoms with E-state index < -0.39 is 29.0 Å². The van der Waals surface area contributed by atoms with E-state index in [1.165, 1.54) is 9.80 Å². The number of nitrogens with one attached hydrogen (secondary N) is 1. The van der Waals surface area contributed by atoms with Crippen LogP contribution in [0.4, 0.5) is 29.3 Å². The maximum absolute atomic E-state index is 13.6. The highest BCUT2D eigenvalue weighted by atomic mass is 19.2. The van der Waals surface area contributed by atoms with E-state index in [0.717, 1.165) is 17.3 Å². The average Bonchev–Trinajstić information content (AvgIpc) is 2.97. The first-order chi connectivity index (χ1) is 12.4. The van der Waals surface area contributed by atoms with E-state index in [9.17, 15) is 22.8 Å². The van der Waals surface area contributed by atoms with Crippen molar-refractivity contribution in [3.05, 3.63) is 59.4 Å². The summed E-state index contributed by atoms with van der Waals surface area (Å²) in [5.41, 5.74) is 1.30. The molecule has 0 unspecified atom stereocenters. The maximum Gasteiger partial charge on any atom is 0.325 e. The van der Waals surface area contributed by atoms with Gasteiger partial charge in [-0.15, -0.1) is 0 Å². The molecule has 2 aromatic carbocycles. The topological polar surface area (TPSA) is 52.6 Å². The Morgan fingerprint density at radius 3 is 2.42 bits per heavy atom. The standard InChI is InChI=1S/C18H16F3N3O2/c1-11-2-4-12(5-3-11)24-9-8-23(18(24)26)10-15(25)22-14-7-6-13(19)16(20)17(14)21/h2-7H,8-10H2,1H3,(H,22,25). The van der Waals surface area contributed by atoms with E-state index in [4.69, 9.17) is 0 Å². The molecule has 0 atom stereocenters. The van der Waals surface area contributed by atoms with Gasteiger partial charge in [-0.05, 0) is 31.2 Å². The number of anilines is 2. The molecule has 0 aromatic heterocycles. The molecule has 1 aliphatic heterocycles. The minimum Gasteiger partial charge on any atom is -0.322 e. The second kappa shape index (κ2) is 7.07. The molecule has 26 heavy (non-hydrogen) atoms. The smallest absolute Gasteiger partial charge is 0.322 e. The summed E-state index contributed by atoms with van der Waals surface area (Å²) in [6.07, 6.45) is 0. The Balaban J connectivity index is 1.64. The second-order valence-corrected chi connectivity index (χ2v) is 5.96. The van der Waals surface area contributed by atoms with Gasteiger partial charge in [0, 0.05) is 18.8 Å². The van der Waals surface area contributed by atoms with Gasteiger partial charge in [-0.25, -0.2) is 18.0 Å². The van der Waals surface area contributed by atoms with Crippen LogP contribution in [-0.2, 0) is 4.79 Å². The maximum atomic E-state index is 13.6. The van der Waals surface area contributed by atoms with Crippen LogP contribution in [0.25, 0.3) is 0 Å². The zero-order valence-corrected chi connectivity index (χ0v) is 13.9. The molecule has 1 heterocycles. The van der Waals surface area contributed by atoms with Crippen molar-refractivity contribution in [1.29, 1.82) is 0 Å². The van der Waals surface area contributed by atoms with Gasteiger partial charge in [0.2, 0.25) is 5.91 Å². The number of benzene rings is 2. The Kier molecular flexibility index (Phi) is 4.83. The summed E-state index contributed by atoms with van der Waals surface area (Å²) >= 11 is 0. The molecule has 0 saturated carbocycles. The summed E-state index contributed by atoms with van der Waals surface area (Å²) in [6.45, 7) is 2.35. The Morgan fingerprint density at radius 1 is 1.04 bits per heavy atom. The summed E-state index contributed by atoms with van der Waals surface area (Å²) in [6, 6.07) is 8.67. The van der Waals surface area contributed by atoms with Crippen molar-refractivity contribution in [3.63, 3.8) is 0 Å². The summed E-state index contributed by atoms with van der Waals surface area (Å²) in [7, 11) is 0. The Labute approximate surface area is 148 Å². The van der Waals surface area contributed by atoms with E-state index in [1.807, 2.05) is 31.2 Å². The first kappa shape index (κ1) is 17.8. The van der Waals surface area contributed by atoms with Gasteiger partial charge >= 0.3 is 6.03 Å². The van der Waals surface area contributed by atoms with E-state index >= 15 is 0 Å². The summed E-state index contributed by atoms with van der Waals surface area (Å²) in [5.74, 6) is -5.18. The van der Waals surface area contributed by atoms with Crippen LogP contribution < -0.4 is 10.2 Å². The van der Waals surface area contributed by atoms with Crippen molar-refractivity contribution in [3.8, 4) is 0 Å². The molecule has 1 aliphatic rings. The summed E-state index contributed by atoms with van der Waals surface area (Å²) < 4.78 is 39.7. The van der Waals surface area contributed by atoms with Gasteiger partial charge in [0.25, 0.3) is 0 Å². The lowest BCUT2D eigenvalue weighted by atomic mass is 10.2. The highest BCUT2D eigenvalue weighted by Crippen LogP contribution is 2.22. The fraction of sp³-hybridized carbons (Fsp3) is 0.222. The van der Waals surface area contributed by atoms with Crippen molar-refractivity contribution in [2.45, 2.75) is 6.92 Å². The van der Waals surface area contributed by atoms with Crippen LogP contribution in [0.15, 0.2) is 36.4 Å². The van der Waals surface area contributed by atoms with Crippen LogP contribution in [0, 0.1) is 24.4 Å². The summed E-state index contributed by atoms with van der Waals surface area (Å²) in [5, 5.41) is 2.15. The molecule has 0 bridgehead atoms. The predicted octanol–water partition coefficient (Wildman–Crippen LogP) is 3.29. The van der Waals surface area contributed by atoms with Gasteiger partial charge in [0.1, 0.15) is 6.54 Å². The number of halogens is 3. The number of hydrogen-bond donors (Lipinski definition) is 1. The van der Waals surface area contributed by atoms with Crippen LogP contribution in [0.1, 0.15) is 5.56 Å². The number of aryl methyl sites for hydroxylation is 1. The van der Waals surface area contributed by atoms with Crippen LogP contribution in [0.2, 0.25) is 0 Å². The van der Waals surface area contributed by atoms with Crippen molar-refractivity contribution >= 4 is 23.3 Å². The van der Waals surface area contributed by atoms with Crippen molar-refractivity contribution in [1.82, 2.24) is 4.90 Å². The van der Waals surface area contributed by atoms with Gasteiger partial charge in [-0.1, -0.05) is 17.7 Å². The van der Waals surface area contributed by atoms with Crippen LogP contribution in [-0.4, -0.2) is 36.5 Å². The largest absolute Gasteiger partial charge is 0.325 e. The molecule has 1 N–H and O–H groups in total. The predicted molar refractivity (Wildman–Crippen MR) is 90.4 cm³/mol. The highest BCUT2D eigenvalue weighted by Gasteiger charge is 2.31. The van der Waals surface area contributed by atoms with Crippen LogP contribution in [0.5, 0.6) is 0 Å². The summed E-state index contributed by atoms with van der Waals surface area (Å²) in [4.78, 5) is 27.3. The minimum absolute atomic E-state index is 0.320. The number of carbonyl (C=O) groups excluding carboxylic acids is 2. The molecule has 1 saturated heterocycles. The third kappa shape index (κ3) is 3.49.